The lowest BCUT2D eigenvalue weighted by molar-refractivity contribution is 0.601. The van der Waals surface area contributed by atoms with Crippen LogP contribution in [0.3, 0.4) is 0 Å². The Morgan fingerprint density at radius 3 is 2.61 bits per heavy atom. The van der Waals surface area contributed by atoms with Crippen molar-refractivity contribution in [3.63, 3.8) is 0 Å². The summed E-state index contributed by atoms with van der Waals surface area (Å²) >= 11 is 0. The molecule has 5 nitrogen and oxygen atoms in total. The molecule has 23 heavy (non-hydrogen) atoms. The molecule has 0 fully saturated rings. The fourth-order valence-electron chi connectivity index (χ4n) is 2.60. The van der Waals surface area contributed by atoms with E-state index in [1.807, 2.05) is 36.4 Å². The van der Waals surface area contributed by atoms with E-state index < -0.39 is 10.0 Å². The summed E-state index contributed by atoms with van der Waals surface area (Å²) in [6, 6.07) is 18.1. The lowest BCUT2D eigenvalue weighted by Gasteiger charge is -2.09. The van der Waals surface area contributed by atoms with Crippen LogP contribution < -0.4 is 4.72 Å². The number of H-pyrrole nitrogens is 1. The summed E-state index contributed by atoms with van der Waals surface area (Å²) in [6.07, 6.45) is 1.60. The lowest BCUT2D eigenvalue weighted by atomic mass is 10.1. The molecule has 0 unspecified atom stereocenters. The third kappa shape index (κ3) is 2.43. The van der Waals surface area contributed by atoms with E-state index in [2.05, 4.69) is 14.9 Å². The van der Waals surface area contributed by atoms with Gasteiger partial charge in [0.05, 0.1) is 22.3 Å². The van der Waals surface area contributed by atoms with Crippen LogP contribution in [-0.2, 0) is 10.0 Å². The number of nitrogens with one attached hydrogen (secondary N) is 2. The molecule has 0 atom stereocenters. The van der Waals surface area contributed by atoms with E-state index in [9.17, 15) is 8.42 Å². The summed E-state index contributed by atoms with van der Waals surface area (Å²) in [7, 11) is -3.67. The lowest BCUT2D eigenvalue weighted by Crippen LogP contribution is -2.13. The molecule has 0 aliphatic heterocycles. The summed E-state index contributed by atoms with van der Waals surface area (Å²) in [6.45, 7) is 0. The van der Waals surface area contributed by atoms with Crippen molar-refractivity contribution >= 4 is 37.4 Å². The third-order valence-corrected chi connectivity index (χ3v) is 5.12. The maximum atomic E-state index is 12.7. The van der Waals surface area contributed by atoms with Crippen molar-refractivity contribution in [1.29, 1.82) is 0 Å². The molecular weight excluding hydrogens is 310 g/mol. The van der Waals surface area contributed by atoms with Gasteiger partial charge in [0.1, 0.15) is 0 Å². The average Bonchev–Trinajstić information content (AvgIpc) is 3.04. The first kappa shape index (κ1) is 13.8. The van der Waals surface area contributed by atoms with E-state index in [4.69, 9.17) is 0 Å². The minimum absolute atomic E-state index is 0.233. The molecule has 0 spiro atoms. The predicted octanol–water partition coefficient (Wildman–Crippen LogP) is 3.52. The highest BCUT2D eigenvalue weighted by atomic mass is 32.2. The summed E-state index contributed by atoms with van der Waals surface area (Å²) in [5.74, 6) is 0. The predicted molar refractivity (Wildman–Crippen MR) is 90.9 cm³/mol. The molecule has 0 radical (unpaired) electrons. The fourth-order valence-corrected chi connectivity index (χ4v) is 3.71. The van der Waals surface area contributed by atoms with Crippen LogP contribution in [0, 0.1) is 0 Å². The highest BCUT2D eigenvalue weighted by Crippen LogP contribution is 2.25. The standard InChI is InChI=1S/C17H13N3O2S/c21-23(22,14-9-8-12-4-1-2-5-13(12)10-14)20-17-7-3-6-16-15(17)11-18-19-16/h1-11,20H,(H,18,19). The van der Waals surface area contributed by atoms with Crippen LogP contribution in [0.5, 0.6) is 0 Å². The van der Waals surface area contributed by atoms with E-state index in [0.29, 0.717) is 5.69 Å². The second-order valence-electron chi connectivity index (χ2n) is 5.25. The van der Waals surface area contributed by atoms with Crippen molar-refractivity contribution in [2.24, 2.45) is 0 Å². The molecule has 4 rings (SSSR count). The Hall–Kier alpha value is -2.86. The Labute approximate surface area is 133 Å². The second kappa shape index (κ2) is 5.10. The minimum atomic E-state index is -3.67. The van der Waals surface area contributed by atoms with Crippen molar-refractivity contribution in [2.75, 3.05) is 4.72 Å². The van der Waals surface area contributed by atoms with Crippen molar-refractivity contribution in [3.05, 3.63) is 66.9 Å². The second-order valence-corrected chi connectivity index (χ2v) is 6.93. The molecule has 0 saturated carbocycles. The third-order valence-electron chi connectivity index (χ3n) is 3.76. The molecule has 114 valence electrons. The van der Waals surface area contributed by atoms with Gasteiger partial charge in [-0.3, -0.25) is 9.82 Å². The number of anilines is 1. The van der Waals surface area contributed by atoms with E-state index in [1.165, 1.54) is 0 Å². The number of sulfonamides is 1. The average molecular weight is 323 g/mol. The van der Waals surface area contributed by atoms with Crippen LogP contribution in [0.25, 0.3) is 21.7 Å². The Kier molecular flexibility index (Phi) is 3.06. The summed E-state index contributed by atoms with van der Waals surface area (Å²) in [5.41, 5.74) is 1.29. The Morgan fingerprint density at radius 1 is 0.913 bits per heavy atom. The number of benzene rings is 3. The van der Waals surface area contributed by atoms with Gasteiger partial charge in [-0.1, -0.05) is 36.4 Å². The first-order valence-electron chi connectivity index (χ1n) is 7.07. The molecule has 2 N–H and O–H groups in total. The SMILES string of the molecule is O=S(=O)(Nc1cccc2[nH]ncc12)c1ccc2ccccc2c1. The molecule has 0 amide bonds. The van der Waals surface area contributed by atoms with Crippen LogP contribution in [0.1, 0.15) is 0 Å². The smallest absolute Gasteiger partial charge is 0.261 e. The molecule has 0 aliphatic rings. The van der Waals surface area contributed by atoms with Gasteiger partial charge in [-0.15, -0.1) is 0 Å². The van der Waals surface area contributed by atoms with Gasteiger partial charge >= 0.3 is 0 Å². The molecule has 0 saturated heterocycles. The van der Waals surface area contributed by atoms with E-state index >= 15 is 0 Å². The summed E-state index contributed by atoms with van der Waals surface area (Å²) in [4.78, 5) is 0.233. The van der Waals surface area contributed by atoms with E-state index in [-0.39, 0.29) is 4.90 Å². The molecule has 6 heteroatoms. The van der Waals surface area contributed by atoms with E-state index in [0.717, 1.165) is 21.7 Å². The number of aromatic amines is 1. The van der Waals surface area contributed by atoms with Gasteiger partial charge in [0.2, 0.25) is 0 Å². The minimum Gasteiger partial charge on any atom is -0.279 e. The Bertz CT molecular complexity index is 1120. The quantitative estimate of drug-likeness (QED) is 0.606. The van der Waals surface area contributed by atoms with Crippen LogP contribution in [0.2, 0.25) is 0 Å². The van der Waals surface area contributed by atoms with Crippen LogP contribution in [0.4, 0.5) is 5.69 Å². The molecule has 3 aromatic carbocycles. The Morgan fingerprint density at radius 2 is 1.74 bits per heavy atom. The highest BCUT2D eigenvalue weighted by Gasteiger charge is 2.16. The zero-order chi connectivity index (χ0) is 15.9. The van der Waals surface area contributed by atoms with Crippen LogP contribution in [-0.4, -0.2) is 18.6 Å². The van der Waals surface area contributed by atoms with Gasteiger partial charge in [-0.25, -0.2) is 8.42 Å². The van der Waals surface area contributed by atoms with Gasteiger partial charge in [0.15, 0.2) is 0 Å². The number of nitrogens with zero attached hydrogens (tertiary/aromatic N) is 1. The van der Waals surface area contributed by atoms with Crippen LogP contribution in [0.15, 0.2) is 71.8 Å². The van der Waals surface area contributed by atoms with Gasteiger partial charge in [-0.2, -0.15) is 5.10 Å². The topological polar surface area (TPSA) is 74.8 Å². The number of aromatic nitrogens is 2. The van der Waals surface area contributed by atoms with Gasteiger partial charge in [0, 0.05) is 5.39 Å². The van der Waals surface area contributed by atoms with Crippen molar-refractivity contribution in [1.82, 2.24) is 10.2 Å². The normalized spacial score (nSPS) is 11.8. The molecule has 1 aromatic heterocycles. The first-order chi connectivity index (χ1) is 11.1. The first-order valence-corrected chi connectivity index (χ1v) is 8.55. The number of hydrogen-bond donors (Lipinski definition) is 2. The van der Waals surface area contributed by atoms with Crippen molar-refractivity contribution in [2.45, 2.75) is 4.90 Å². The molecule has 4 aromatic rings. The van der Waals surface area contributed by atoms with Gasteiger partial charge in [-0.05, 0) is 35.0 Å². The molecule has 0 aliphatic carbocycles. The zero-order valence-electron chi connectivity index (χ0n) is 12.0. The maximum Gasteiger partial charge on any atom is 0.261 e. The molecule has 0 bridgehead atoms. The summed E-state index contributed by atoms with van der Waals surface area (Å²) in [5, 5.41) is 9.39. The van der Waals surface area contributed by atoms with Crippen LogP contribution >= 0.6 is 0 Å². The van der Waals surface area contributed by atoms with Crippen molar-refractivity contribution < 1.29 is 8.42 Å². The number of fused-ring (bicyclic) bond motifs is 2. The van der Waals surface area contributed by atoms with Gasteiger partial charge in [0.25, 0.3) is 10.0 Å². The van der Waals surface area contributed by atoms with Gasteiger partial charge < -0.3 is 0 Å². The number of rotatable bonds is 3. The van der Waals surface area contributed by atoms with Crippen molar-refractivity contribution in [3.8, 4) is 0 Å². The molecular formula is C17H13N3O2S. The summed E-state index contributed by atoms with van der Waals surface area (Å²) < 4.78 is 28.0. The Balaban J connectivity index is 1.78. The largest absolute Gasteiger partial charge is 0.279 e. The fraction of sp³-hybridized carbons (Fsp3) is 0. The van der Waals surface area contributed by atoms with E-state index in [1.54, 1.807) is 30.5 Å². The number of hydrogen-bond acceptors (Lipinski definition) is 3. The maximum absolute atomic E-state index is 12.7. The molecule has 1 heterocycles. The zero-order valence-corrected chi connectivity index (χ0v) is 12.8. The monoisotopic (exact) mass is 323 g/mol. The highest BCUT2D eigenvalue weighted by molar-refractivity contribution is 7.92.